The fourth-order valence-corrected chi connectivity index (χ4v) is 7.72. The van der Waals surface area contributed by atoms with Crippen LogP contribution in [0.15, 0.2) is 103 Å². The first-order valence-corrected chi connectivity index (χ1v) is 19.1. The number of hydrogen-bond acceptors (Lipinski definition) is 7. The monoisotopic (exact) mass is 745 g/mol. The molecule has 3 heterocycles. The standard InChI is InChI=1S/C43H44ClN5O5/c44-21-20-34(30-8-3-1-4-9-30)41(31-10-5-2-6-11-31)32-14-16-33(17-15-32)54-27-26-47-22-24-48(25-23-47)40(51)28-45-37-13-7-12-35-36(37)29-49(43(35)53)38-18-19-39(50)46-42(38)52/h1-17,38,45H,18-29H2,(H,46,50,52)/b41-34-. The molecule has 2 saturated heterocycles. The van der Waals surface area contributed by atoms with E-state index in [1.54, 1.807) is 12.1 Å². The molecule has 0 bridgehead atoms. The van der Waals surface area contributed by atoms with E-state index >= 15 is 0 Å². The van der Waals surface area contributed by atoms with Crippen molar-refractivity contribution in [3.63, 3.8) is 0 Å². The highest BCUT2D eigenvalue weighted by atomic mass is 35.5. The molecule has 4 aromatic rings. The number of carbonyl (C=O) groups excluding carboxylic acids is 4. The zero-order valence-corrected chi connectivity index (χ0v) is 30.9. The van der Waals surface area contributed by atoms with Gasteiger partial charge in [0.2, 0.25) is 17.7 Å². The zero-order chi connectivity index (χ0) is 37.4. The molecule has 1 unspecified atom stereocenters. The molecule has 278 valence electrons. The first-order valence-electron chi connectivity index (χ1n) is 18.5. The zero-order valence-electron chi connectivity index (χ0n) is 30.1. The van der Waals surface area contributed by atoms with E-state index in [9.17, 15) is 19.2 Å². The number of carbonyl (C=O) groups is 4. The Balaban J connectivity index is 0.894. The molecule has 0 saturated carbocycles. The van der Waals surface area contributed by atoms with E-state index in [1.807, 2.05) is 35.2 Å². The summed E-state index contributed by atoms with van der Waals surface area (Å²) in [6.07, 6.45) is 1.25. The number of nitrogens with one attached hydrogen (secondary N) is 2. The van der Waals surface area contributed by atoms with Crippen LogP contribution in [0.4, 0.5) is 5.69 Å². The normalized spacial score (nSPS) is 17.9. The predicted molar refractivity (Wildman–Crippen MR) is 210 cm³/mol. The van der Waals surface area contributed by atoms with Crippen molar-refractivity contribution in [2.75, 3.05) is 57.1 Å². The van der Waals surface area contributed by atoms with Gasteiger partial charge in [-0.05, 0) is 64.9 Å². The van der Waals surface area contributed by atoms with E-state index in [4.69, 9.17) is 16.3 Å². The quantitative estimate of drug-likeness (QED) is 0.103. The Morgan fingerprint density at radius 3 is 2.19 bits per heavy atom. The number of hydrogen-bond donors (Lipinski definition) is 2. The molecule has 54 heavy (non-hydrogen) atoms. The van der Waals surface area contributed by atoms with Crippen LogP contribution >= 0.6 is 11.6 Å². The molecule has 0 radical (unpaired) electrons. The number of imide groups is 1. The molecular weight excluding hydrogens is 702 g/mol. The minimum absolute atomic E-state index is 0.0136. The summed E-state index contributed by atoms with van der Waals surface area (Å²) in [4.78, 5) is 56.1. The van der Waals surface area contributed by atoms with Crippen LogP contribution in [0.2, 0.25) is 0 Å². The molecule has 10 nitrogen and oxygen atoms in total. The SMILES string of the molecule is O=C1CCC(N2Cc3c(NCC(=O)N4CCN(CCOc5ccc(/C(=C(/CCCl)c6ccccc6)c6ccccc6)cc5)CC4)cccc3C2=O)C(=O)N1. The van der Waals surface area contributed by atoms with Gasteiger partial charge in [0.15, 0.2) is 0 Å². The minimum atomic E-state index is -0.685. The summed E-state index contributed by atoms with van der Waals surface area (Å²) in [5.41, 5.74) is 7.75. The third kappa shape index (κ3) is 8.35. The number of alkyl halides is 1. The van der Waals surface area contributed by atoms with Crippen molar-refractivity contribution in [1.82, 2.24) is 20.0 Å². The van der Waals surface area contributed by atoms with Gasteiger partial charge >= 0.3 is 0 Å². The maximum atomic E-state index is 13.2. The number of nitrogens with zero attached hydrogens (tertiary/aromatic N) is 3. The second-order valence-electron chi connectivity index (χ2n) is 13.7. The molecule has 11 heteroatoms. The molecule has 1 atom stereocenters. The number of benzene rings is 4. The average Bonchev–Trinajstić information content (AvgIpc) is 3.54. The average molecular weight is 746 g/mol. The predicted octanol–water partition coefficient (Wildman–Crippen LogP) is 5.67. The van der Waals surface area contributed by atoms with Gasteiger partial charge in [-0.15, -0.1) is 11.6 Å². The molecule has 0 aromatic heterocycles. The largest absolute Gasteiger partial charge is 0.492 e. The Hall–Kier alpha value is -5.45. The van der Waals surface area contributed by atoms with Gasteiger partial charge in [-0.25, -0.2) is 0 Å². The van der Waals surface area contributed by atoms with Crippen LogP contribution in [0.5, 0.6) is 5.75 Å². The van der Waals surface area contributed by atoms with Crippen molar-refractivity contribution in [3.05, 3.63) is 131 Å². The molecular formula is C43H44ClN5O5. The highest BCUT2D eigenvalue weighted by Crippen LogP contribution is 2.36. The second-order valence-corrected chi connectivity index (χ2v) is 14.1. The Kier molecular flexibility index (Phi) is 11.7. The number of piperidine rings is 1. The molecule has 0 aliphatic carbocycles. The van der Waals surface area contributed by atoms with Crippen LogP contribution < -0.4 is 15.4 Å². The van der Waals surface area contributed by atoms with Gasteiger partial charge < -0.3 is 19.9 Å². The van der Waals surface area contributed by atoms with Crippen LogP contribution in [0.1, 0.15) is 51.9 Å². The summed E-state index contributed by atoms with van der Waals surface area (Å²) in [5, 5.41) is 5.58. The van der Waals surface area contributed by atoms with Crippen LogP contribution in [-0.2, 0) is 20.9 Å². The van der Waals surface area contributed by atoms with Crippen molar-refractivity contribution in [1.29, 1.82) is 0 Å². The van der Waals surface area contributed by atoms with E-state index in [2.05, 4.69) is 76.2 Å². The van der Waals surface area contributed by atoms with Crippen molar-refractivity contribution in [2.24, 2.45) is 0 Å². The lowest BCUT2D eigenvalue weighted by atomic mass is 9.88. The van der Waals surface area contributed by atoms with Gasteiger partial charge in [-0.1, -0.05) is 78.9 Å². The molecule has 3 aliphatic rings. The number of piperazine rings is 1. The van der Waals surface area contributed by atoms with Gasteiger partial charge in [0.1, 0.15) is 18.4 Å². The van der Waals surface area contributed by atoms with Gasteiger partial charge in [0.25, 0.3) is 5.91 Å². The van der Waals surface area contributed by atoms with Crippen molar-refractivity contribution in [3.8, 4) is 5.75 Å². The van der Waals surface area contributed by atoms with Crippen LogP contribution in [0.3, 0.4) is 0 Å². The summed E-state index contributed by atoms with van der Waals surface area (Å²) < 4.78 is 6.17. The van der Waals surface area contributed by atoms with Gasteiger partial charge in [0.05, 0.1) is 6.54 Å². The van der Waals surface area contributed by atoms with Crippen LogP contribution in [0, 0.1) is 0 Å². The number of halogens is 1. The number of anilines is 1. The maximum absolute atomic E-state index is 13.2. The summed E-state index contributed by atoms with van der Waals surface area (Å²) in [6, 6.07) is 33.8. The van der Waals surface area contributed by atoms with E-state index < -0.39 is 11.9 Å². The number of rotatable bonds is 13. The topological polar surface area (TPSA) is 111 Å². The van der Waals surface area contributed by atoms with E-state index in [0.29, 0.717) is 43.2 Å². The van der Waals surface area contributed by atoms with Crippen LogP contribution in [0.25, 0.3) is 11.1 Å². The molecule has 3 aliphatic heterocycles. The molecule has 2 N–H and O–H groups in total. The Morgan fingerprint density at radius 1 is 0.815 bits per heavy atom. The number of amides is 4. The smallest absolute Gasteiger partial charge is 0.255 e. The summed E-state index contributed by atoms with van der Waals surface area (Å²) in [5.74, 6) is 0.309. The number of fused-ring (bicyclic) bond motifs is 1. The van der Waals surface area contributed by atoms with Gasteiger partial charge in [0, 0.05) is 68.4 Å². The van der Waals surface area contributed by atoms with Crippen molar-refractivity contribution >= 4 is 52.1 Å². The molecule has 4 aromatic carbocycles. The van der Waals surface area contributed by atoms with Crippen molar-refractivity contribution in [2.45, 2.75) is 31.8 Å². The lowest BCUT2D eigenvalue weighted by molar-refractivity contribution is -0.137. The first-order chi connectivity index (χ1) is 26.4. The van der Waals surface area contributed by atoms with E-state index in [0.717, 1.165) is 59.6 Å². The highest BCUT2D eigenvalue weighted by molar-refractivity contribution is 6.18. The van der Waals surface area contributed by atoms with Crippen LogP contribution in [-0.4, -0.2) is 96.1 Å². The number of allylic oxidation sites excluding steroid dienone is 1. The fraction of sp³-hybridized carbons (Fsp3) is 0.302. The summed E-state index contributed by atoms with van der Waals surface area (Å²) >= 11 is 6.32. The fourth-order valence-electron chi connectivity index (χ4n) is 7.53. The third-order valence-corrected chi connectivity index (χ3v) is 10.6. The van der Waals surface area contributed by atoms with Crippen molar-refractivity contribution < 1.29 is 23.9 Å². The second kappa shape index (κ2) is 17.1. The molecule has 4 amide bonds. The molecule has 2 fully saturated rings. The Morgan fingerprint density at radius 2 is 1.50 bits per heavy atom. The van der Waals surface area contributed by atoms with E-state index in [1.165, 1.54) is 10.5 Å². The lowest BCUT2D eigenvalue weighted by Gasteiger charge is -2.34. The maximum Gasteiger partial charge on any atom is 0.255 e. The van der Waals surface area contributed by atoms with Gasteiger partial charge in [-0.2, -0.15) is 0 Å². The van der Waals surface area contributed by atoms with E-state index in [-0.39, 0.29) is 37.2 Å². The minimum Gasteiger partial charge on any atom is -0.492 e. The number of ether oxygens (including phenoxy) is 1. The summed E-state index contributed by atoms with van der Waals surface area (Å²) in [7, 11) is 0. The first kappa shape index (κ1) is 36.9. The lowest BCUT2D eigenvalue weighted by Crippen LogP contribution is -2.52. The molecule has 7 rings (SSSR count). The highest BCUT2D eigenvalue weighted by Gasteiger charge is 2.40. The Labute approximate surface area is 320 Å². The Bertz CT molecular complexity index is 2010. The summed E-state index contributed by atoms with van der Waals surface area (Å²) in [6.45, 7) is 4.36. The van der Waals surface area contributed by atoms with Gasteiger partial charge in [-0.3, -0.25) is 29.4 Å². The third-order valence-electron chi connectivity index (χ3n) is 10.4. The molecule has 0 spiro atoms.